The molecule has 0 rings (SSSR count). The SMILES string of the molecule is C=C(F)C(N(C)F)C(F)(F)F. The van der Waals surface area contributed by atoms with Gasteiger partial charge in [-0.2, -0.15) is 13.2 Å². The molecule has 0 radical (unpaired) electrons. The number of halogens is 5. The average Bonchev–Trinajstić information content (AvgIpc) is 1.54. The van der Waals surface area contributed by atoms with Gasteiger partial charge in [-0.05, 0) is 0 Å². The molecule has 0 aliphatic rings. The van der Waals surface area contributed by atoms with Crippen LogP contribution in [0.25, 0.3) is 0 Å². The van der Waals surface area contributed by atoms with E-state index >= 15 is 0 Å². The molecule has 0 N–H and O–H groups in total. The Labute approximate surface area is 60.0 Å². The van der Waals surface area contributed by atoms with Crippen LogP contribution in [0.1, 0.15) is 0 Å². The summed E-state index contributed by atoms with van der Waals surface area (Å²) < 4.78 is 58.8. The first-order valence-corrected chi connectivity index (χ1v) is 2.56. The highest BCUT2D eigenvalue weighted by atomic mass is 19.4. The predicted octanol–water partition coefficient (Wildman–Crippen LogP) is 2.22. The zero-order valence-corrected chi connectivity index (χ0v) is 5.62. The maximum Gasteiger partial charge on any atom is 0.412 e. The van der Waals surface area contributed by atoms with Crippen LogP contribution in [0.3, 0.4) is 0 Å². The molecule has 6 heteroatoms. The predicted molar refractivity (Wildman–Crippen MR) is 29.0 cm³/mol. The normalized spacial score (nSPS) is 15.2. The largest absolute Gasteiger partial charge is 0.412 e. The molecule has 0 bridgehead atoms. The van der Waals surface area contributed by atoms with Crippen molar-refractivity contribution in [2.75, 3.05) is 7.05 Å². The van der Waals surface area contributed by atoms with Crippen LogP contribution < -0.4 is 0 Å². The number of hydrogen-bond acceptors (Lipinski definition) is 1. The first-order valence-electron chi connectivity index (χ1n) is 2.56. The Morgan fingerprint density at radius 2 is 1.82 bits per heavy atom. The second-order valence-corrected chi connectivity index (χ2v) is 1.92. The van der Waals surface area contributed by atoms with E-state index in [1.807, 2.05) is 0 Å². The van der Waals surface area contributed by atoms with Crippen LogP contribution in [0.4, 0.5) is 22.0 Å². The molecular formula is C5H6F5N. The number of hydrogen-bond donors (Lipinski definition) is 0. The number of likely N-dealkylation sites (N-methyl/N-ethyl adjacent to an activating group) is 1. The second kappa shape index (κ2) is 3.17. The highest BCUT2D eigenvalue weighted by Crippen LogP contribution is 2.29. The molecule has 11 heavy (non-hydrogen) atoms. The Morgan fingerprint density at radius 1 is 1.45 bits per heavy atom. The number of nitrogens with zero attached hydrogens (tertiary/aromatic N) is 1. The fourth-order valence-corrected chi connectivity index (χ4v) is 0.572. The van der Waals surface area contributed by atoms with Crippen LogP contribution in [0.15, 0.2) is 12.4 Å². The van der Waals surface area contributed by atoms with Crippen molar-refractivity contribution in [3.05, 3.63) is 12.4 Å². The van der Waals surface area contributed by atoms with Gasteiger partial charge in [-0.15, -0.1) is 9.60 Å². The van der Waals surface area contributed by atoms with Crippen LogP contribution >= 0.6 is 0 Å². The van der Waals surface area contributed by atoms with Crippen LogP contribution in [0.5, 0.6) is 0 Å². The average molecular weight is 175 g/mol. The van der Waals surface area contributed by atoms with E-state index in [9.17, 15) is 22.0 Å². The fraction of sp³-hybridized carbons (Fsp3) is 0.600. The van der Waals surface area contributed by atoms with E-state index in [-0.39, 0.29) is 0 Å². The van der Waals surface area contributed by atoms with Gasteiger partial charge in [0.05, 0.1) is 0 Å². The molecule has 1 unspecified atom stereocenters. The molecule has 0 aromatic heterocycles. The van der Waals surface area contributed by atoms with E-state index in [0.29, 0.717) is 7.05 Å². The Hall–Kier alpha value is -0.650. The molecule has 0 aromatic rings. The van der Waals surface area contributed by atoms with E-state index in [1.165, 1.54) is 0 Å². The van der Waals surface area contributed by atoms with Gasteiger partial charge in [0.1, 0.15) is 5.83 Å². The van der Waals surface area contributed by atoms with Gasteiger partial charge in [0.2, 0.25) is 0 Å². The zero-order chi connectivity index (χ0) is 9.23. The molecule has 0 spiro atoms. The summed E-state index contributed by atoms with van der Waals surface area (Å²) in [5, 5.41) is -0.775. The summed E-state index contributed by atoms with van der Waals surface area (Å²) in [5.74, 6) is -1.76. The van der Waals surface area contributed by atoms with E-state index in [0.717, 1.165) is 0 Å². The van der Waals surface area contributed by atoms with E-state index < -0.39 is 23.2 Å². The molecule has 0 saturated heterocycles. The molecule has 0 aromatic carbocycles. The summed E-state index contributed by atoms with van der Waals surface area (Å²) in [4.78, 5) is 0. The van der Waals surface area contributed by atoms with Gasteiger partial charge in [-0.3, -0.25) is 0 Å². The monoisotopic (exact) mass is 175 g/mol. The smallest absolute Gasteiger partial charge is 0.210 e. The van der Waals surface area contributed by atoms with Crippen LogP contribution in [-0.4, -0.2) is 24.4 Å². The van der Waals surface area contributed by atoms with Crippen molar-refractivity contribution < 1.29 is 22.0 Å². The molecule has 0 aliphatic heterocycles. The third kappa shape index (κ3) is 2.83. The Morgan fingerprint density at radius 3 is 1.82 bits per heavy atom. The van der Waals surface area contributed by atoms with Crippen LogP contribution in [0, 0.1) is 0 Å². The summed E-state index contributed by atoms with van der Waals surface area (Å²) in [6, 6.07) is -2.86. The van der Waals surface area contributed by atoms with Crippen molar-refractivity contribution in [2.24, 2.45) is 0 Å². The van der Waals surface area contributed by atoms with Gasteiger partial charge >= 0.3 is 6.18 Å². The Balaban J connectivity index is 4.49. The Bertz CT molecular complexity index is 149. The Kier molecular flexibility index (Phi) is 2.98. The number of alkyl halides is 3. The summed E-state index contributed by atoms with van der Waals surface area (Å²) >= 11 is 0. The lowest BCUT2D eigenvalue weighted by molar-refractivity contribution is -0.204. The number of rotatable bonds is 2. The molecule has 0 saturated carbocycles. The lowest BCUT2D eigenvalue weighted by Crippen LogP contribution is -2.39. The van der Waals surface area contributed by atoms with Crippen LogP contribution in [-0.2, 0) is 0 Å². The molecular weight excluding hydrogens is 169 g/mol. The van der Waals surface area contributed by atoms with Gasteiger partial charge in [-0.1, -0.05) is 6.58 Å². The van der Waals surface area contributed by atoms with Crippen LogP contribution in [0.2, 0.25) is 0 Å². The first-order chi connectivity index (χ1) is 4.76. The minimum atomic E-state index is -4.96. The van der Waals surface area contributed by atoms with Gasteiger partial charge in [0.25, 0.3) is 0 Å². The van der Waals surface area contributed by atoms with Crippen molar-refractivity contribution in [1.29, 1.82) is 0 Å². The zero-order valence-electron chi connectivity index (χ0n) is 5.62. The van der Waals surface area contributed by atoms with E-state index in [4.69, 9.17) is 0 Å². The van der Waals surface area contributed by atoms with Crippen molar-refractivity contribution in [2.45, 2.75) is 12.2 Å². The molecule has 66 valence electrons. The minimum Gasteiger partial charge on any atom is -0.210 e. The molecule has 0 amide bonds. The third-order valence-corrected chi connectivity index (χ3v) is 0.963. The van der Waals surface area contributed by atoms with E-state index in [2.05, 4.69) is 6.58 Å². The first kappa shape index (κ1) is 10.3. The van der Waals surface area contributed by atoms with Gasteiger partial charge < -0.3 is 0 Å². The molecule has 0 fully saturated rings. The summed E-state index contributed by atoms with van der Waals surface area (Å²) in [6.07, 6.45) is -4.96. The van der Waals surface area contributed by atoms with Crippen molar-refractivity contribution in [1.82, 2.24) is 5.12 Å². The lowest BCUT2D eigenvalue weighted by atomic mass is 10.2. The maximum atomic E-state index is 11.9. The minimum absolute atomic E-state index is 0.475. The molecule has 1 nitrogen and oxygen atoms in total. The van der Waals surface area contributed by atoms with Crippen molar-refractivity contribution in [3.63, 3.8) is 0 Å². The van der Waals surface area contributed by atoms with E-state index in [1.54, 1.807) is 0 Å². The fourth-order valence-electron chi connectivity index (χ4n) is 0.572. The molecule has 0 aliphatic carbocycles. The van der Waals surface area contributed by atoms with Gasteiger partial charge in [0, 0.05) is 7.05 Å². The second-order valence-electron chi connectivity index (χ2n) is 1.92. The summed E-state index contributed by atoms with van der Waals surface area (Å²) in [6.45, 7) is 2.37. The maximum absolute atomic E-state index is 11.9. The van der Waals surface area contributed by atoms with Crippen molar-refractivity contribution >= 4 is 0 Å². The molecule has 1 atom stereocenters. The lowest BCUT2D eigenvalue weighted by Gasteiger charge is -2.20. The van der Waals surface area contributed by atoms with Gasteiger partial charge in [0.15, 0.2) is 6.04 Å². The highest BCUT2D eigenvalue weighted by Gasteiger charge is 2.45. The van der Waals surface area contributed by atoms with Crippen molar-refractivity contribution in [3.8, 4) is 0 Å². The third-order valence-electron chi connectivity index (χ3n) is 0.963. The molecule has 0 heterocycles. The van der Waals surface area contributed by atoms with Gasteiger partial charge in [-0.25, -0.2) is 4.39 Å². The standard InChI is InChI=1S/C5H6F5N/c1-3(6)4(11(2)10)5(7,8)9/h4H,1H2,2H3. The highest BCUT2D eigenvalue weighted by molar-refractivity contribution is 4.98. The summed E-state index contributed by atoms with van der Waals surface area (Å²) in [5.41, 5.74) is 0. The summed E-state index contributed by atoms with van der Waals surface area (Å²) in [7, 11) is 0.475. The topological polar surface area (TPSA) is 3.24 Å². The quantitative estimate of drug-likeness (QED) is 0.459.